The second-order valence-electron chi connectivity index (χ2n) is 4.39. The van der Waals surface area contributed by atoms with Gasteiger partial charge < -0.3 is 9.64 Å². The summed E-state index contributed by atoms with van der Waals surface area (Å²) >= 11 is 5.95. The molecule has 1 heterocycles. The van der Waals surface area contributed by atoms with Crippen LogP contribution in [0.2, 0.25) is 5.02 Å². The van der Waals surface area contributed by atoms with Crippen molar-refractivity contribution in [2.75, 3.05) is 20.2 Å². The van der Waals surface area contributed by atoms with Crippen LogP contribution >= 0.6 is 11.6 Å². The minimum Gasteiger partial charge on any atom is -0.492 e. The summed E-state index contributed by atoms with van der Waals surface area (Å²) in [6.45, 7) is 0.601. The van der Waals surface area contributed by atoms with E-state index in [0.29, 0.717) is 22.9 Å². The first-order valence-electron chi connectivity index (χ1n) is 6.31. The van der Waals surface area contributed by atoms with E-state index in [1.807, 2.05) is 0 Å². The summed E-state index contributed by atoms with van der Waals surface area (Å²) in [7, 11) is 1.64. The lowest BCUT2D eigenvalue weighted by Crippen LogP contribution is -2.31. The highest BCUT2D eigenvalue weighted by Gasteiger charge is 2.15. The molecule has 1 aromatic carbocycles. The van der Waals surface area contributed by atoms with Gasteiger partial charge in [-0.2, -0.15) is 0 Å². The maximum atomic E-state index is 13.0. The summed E-state index contributed by atoms with van der Waals surface area (Å²) < 4.78 is 18.4. The van der Waals surface area contributed by atoms with Crippen LogP contribution in [0.3, 0.4) is 0 Å². The highest BCUT2D eigenvalue weighted by molar-refractivity contribution is 6.33. The highest BCUT2D eigenvalue weighted by atomic mass is 35.5. The number of ether oxygens (including phenoxy) is 1. The lowest BCUT2D eigenvalue weighted by Gasteiger charge is -2.18. The standard InChI is InChI=1S/C15H14ClFN2O2/c1-19(15(20)13-10-18-6-5-14(13)16)7-8-21-12-4-2-3-11(17)9-12/h2-6,9-10H,7-8H2,1H3. The Labute approximate surface area is 127 Å². The number of aromatic nitrogens is 1. The third-order valence-corrected chi connectivity index (χ3v) is 3.17. The lowest BCUT2D eigenvalue weighted by molar-refractivity contribution is 0.0773. The van der Waals surface area contributed by atoms with E-state index in [9.17, 15) is 9.18 Å². The van der Waals surface area contributed by atoms with E-state index in [1.54, 1.807) is 25.2 Å². The van der Waals surface area contributed by atoms with E-state index in [0.717, 1.165) is 0 Å². The largest absolute Gasteiger partial charge is 0.492 e. The van der Waals surface area contributed by atoms with Crippen molar-refractivity contribution in [2.24, 2.45) is 0 Å². The quantitative estimate of drug-likeness (QED) is 0.852. The zero-order valence-corrected chi connectivity index (χ0v) is 12.2. The Morgan fingerprint density at radius 1 is 1.43 bits per heavy atom. The number of likely N-dealkylation sites (N-methyl/N-ethyl adjacent to an activating group) is 1. The highest BCUT2D eigenvalue weighted by Crippen LogP contribution is 2.15. The molecular formula is C15H14ClFN2O2. The molecule has 0 bridgehead atoms. The van der Waals surface area contributed by atoms with Crippen LogP contribution in [0.25, 0.3) is 0 Å². The minimum absolute atomic E-state index is 0.240. The Kier molecular flexibility index (Phi) is 5.11. The number of nitrogens with zero attached hydrogens (tertiary/aromatic N) is 2. The van der Waals surface area contributed by atoms with Crippen molar-refractivity contribution in [1.29, 1.82) is 0 Å². The topological polar surface area (TPSA) is 42.4 Å². The maximum absolute atomic E-state index is 13.0. The molecule has 0 aliphatic heterocycles. The van der Waals surface area contributed by atoms with Crippen molar-refractivity contribution >= 4 is 17.5 Å². The van der Waals surface area contributed by atoms with Crippen LogP contribution in [-0.2, 0) is 0 Å². The Bertz CT molecular complexity index is 637. The Hall–Kier alpha value is -2.14. The van der Waals surface area contributed by atoms with Crippen molar-refractivity contribution in [1.82, 2.24) is 9.88 Å². The molecule has 110 valence electrons. The summed E-state index contributed by atoms with van der Waals surface area (Å²) in [5, 5.41) is 0.355. The molecule has 2 aromatic rings. The fraction of sp³-hybridized carbons (Fsp3) is 0.200. The van der Waals surface area contributed by atoms with E-state index < -0.39 is 0 Å². The Balaban J connectivity index is 1.89. The lowest BCUT2D eigenvalue weighted by atomic mass is 10.2. The van der Waals surface area contributed by atoms with Crippen molar-refractivity contribution in [2.45, 2.75) is 0 Å². The minimum atomic E-state index is -0.362. The molecular weight excluding hydrogens is 295 g/mol. The van der Waals surface area contributed by atoms with E-state index >= 15 is 0 Å². The molecule has 0 aliphatic rings. The van der Waals surface area contributed by atoms with Gasteiger partial charge in [-0.3, -0.25) is 9.78 Å². The van der Waals surface area contributed by atoms with Gasteiger partial charge in [0.25, 0.3) is 5.91 Å². The predicted octanol–water partition coefficient (Wildman–Crippen LogP) is 3.03. The average molecular weight is 309 g/mol. The smallest absolute Gasteiger partial charge is 0.256 e. The third kappa shape index (κ3) is 4.16. The number of amides is 1. The van der Waals surface area contributed by atoms with Gasteiger partial charge in [0, 0.05) is 25.5 Å². The van der Waals surface area contributed by atoms with E-state index in [2.05, 4.69) is 4.98 Å². The molecule has 4 nitrogen and oxygen atoms in total. The molecule has 0 unspecified atom stereocenters. The molecule has 0 spiro atoms. The van der Waals surface area contributed by atoms with Gasteiger partial charge in [-0.05, 0) is 18.2 Å². The van der Waals surface area contributed by atoms with Gasteiger partial charge in [0.05, 0.1) is 17.1 Å². The SMILES string of the molecule is CN(CCOc1cccc(F)c1)C(=O)c1cnccc1Cl. The monoisotopic (exact) mass is 308 g/mol. The molecule has 0 radical (unpaired) electrons. The second-order valence-corrected chi connectivity index (χ2v) is 4.80. The number of benzene rings is 1. The zero-order valence-electron chi connectivity index (χ0n) is 11.4. The van der Waals surface area contributed by atoms with E-state index in [1.165, 1.54) is 29.4 Å². The molecule has 21 heavy (non-hydrogen) atoms. The Morgan fingerprint density at radius 2 is 2.24 bits per heavy atom. The van der Waals surface area contributed by atoms with Gasteiger partial charge >= 0.3 is 0 Å². The molecule has 0 saturated carbocycles. The number of pyridine rings is 1. The predicted molar refractivity (Wildman–Crippen MR) is 78.1 cm³/mol. The zero-order chi connectivity index (χ0) is 15.2. The Morgan fingerprint density at radius 3 is 2.95 bits per heavy atom. The van der Waals surface area contributed by atoms with Gasteiger partial charge in [-0.25, -0.2) is 4.39 Å². The van der Waals surface area contributed by atoms with E-state index in [4.69, 9.17) is 16.3 Å². The molecule has 1 amide bonds. The fourth-order valence-electron chi connectivity index (χ4n) is 1.70. The molecule has 6 heteroatoms. The molecule has 0 atom stereocenters. The van der Waals surface area contributed by atoms with Crippen LogP contribution < -0.4 is 4.74 Å². The molecule has 0 N–H and O–H groups in total. The van der Waals surface area contributed by atoms with Crippen LogP contribution in [0.1, 0.15) is 10.4 Å². The number of rotatable bonds is 5. The first kappa shape index (κ1) is 15.3. The van der Waals surface area contributed by atoms with E-state index in [-0.39, 0.29) is 18.3 Å². The van der Waals surface area contributed by atoms with Crippen molar-refractivity contribution in [3.63, 3.8) is 0 Å². The normalized spacial score (nSPS) is 10.2. The van der Waals surface area contributed by atoms with Crippen LogP contribution in [0, 0.1) is 5.82 Å². The molecule has 0 aliphatic carbocycles. The van der Waals surface area contributed by atoms with Gasteiger partial charge in [-0.15, -0.1) is 0 Å². The molecule has 0 fully saturated rings. The molecule has 0 saturated heterocycles. The van der Waals surface area contributed by atoms with Gasteiger partial charge in [0.1, 0.15) is 18.2 Å². The van der Waals surface area contributed by atoms with Gasteiger partial charge in [0.2, 0.25) is 0 Å². The maximum Gasteiger partial charge on any atom is 0.256 e. The summed E-state index contributed by atoms with van der Waals surface area (Å²) in [4.78, 5) is 17.5. The average Bonchev–Trinajstić information content (AvgIpc) is 2.47. The summed E-state index contributed by atoms with van der Waals surface area (Å²) in [5.74, 6) is -0.176. The first-order chi connectivity index (χ1) is 10.1. The van der Waals surface area contributed by atoms with Crippen LogP contribution in [0.15, 0.2) is 42.7 Å². The van der Waals surface area contributed by atoms with Crippen molar-refractivity contribution < 1.29 is 13.9 Å². The number of hydrogen-bond acceptors (Lipinski definition) is 3. The first-order valence-corrected chi connectivity index (χ1v) is 6.69. The van der Waals surface area contributed by atoms with Crippen molar-refractivity contribution in [3.8, 4) is 5.75 Å². The van der Waals surface area contributed by atoms with Gasteiger partial charge in [-0.1, -0.05) is 17.7 Å². The van der Waals surface area contributed by atoms with Crippen LogP contribution in [0.5, 0.6) is 5.75 Å². The summed E-state index contributed by atoms with van der Waals surface area (Å²) in [6, 6.07) is 7.41. The number of halogens is 2. The number of carbonyl (C=O) groups excluding carboxylic acids is 1. The van der Waals surface area contributed by atoms with Crippen LogP contribution in [-0.4, -0.2) is 36.0 Å². The number of hydrogen-bond donors (Lipinski definition) is 0. The summed E-state index contributed by atoms with van der Waals surface area (Å²) in [5.41, 5.74) is 0.340. The number of carbonyl (C=O) groups is 1. The summed E-state index contributed by atoms with van der Waals surface area (Å²) in [6.07, 6.45) is 2.95. The second kappa shape index (κ2) is 7.04. The fourth-order valence-corrected chi connectivity index (χ4v) is 1.89. The third-order valence-electron chi connectivity index (χ3n) is 2.84. The van der Waals surface area contributed by atoms with Gasteiger partial charge in [0.15, 0.2) is 0 Å². The molecule has 2 rings (SSSR count). The van der Waals surface area contributed by atoms with Crippen LogP contribution in [0.4, 0.5) is 4.39 Å². The molecule has 1 aromatic heterocycles. The van der Waals surface area contributed by atoms with Crippen molar-refractivity contribution in [3.05, 3.63) is 59.1 Å².